The second-order valence-corrected chi connectivity index (χ2v) is 8.30. The SMILES string of the molecule is O=C(Nc1ccc(N2CCCC2)c(C(=O)NCC2CCCO2)c1)c1cccc(C(F)(F)F)c1. The Bertz CT molecular complexity index is 1010. The zero-order valence-corrected chi connectivity index (χ0v) is 18.1. The highest BCUT2D eigenvalue weighted by Gasteiger charge is 2.31. The van der Waals surface area contributed by atoms with Crippen molar-refractivity contribution in [3.63, 3.8) is 0 Å². The third kappa shape index (κ3) is 5.65. The van der Waals surface area contributed by atoms with E-state index in [1.165, 1.54) is 12.1 Å². The van der Waals surface area contributed by atoms with Crippen LogP contribution in [0.2, 0.25) is 0 Å². The third-order valence-electron chi connectivity index (χ3n) is 5.91. The third-order valence-corrected chi connectivity index (χ3v) is 5.91. The van der Waals surface area contributed by atoms with E-state index < -0.39 is 17.6 Å². The maximum Gasteiger partial charge on any atom is 0.416 e. The molecule has 0 radical (unpaired) electrons. The first-order valence-corrected chi connectivity index (χ1v) is 11.1. The topological polar surface area (TPSA) is 70.7 Å². The largest absolute Gasteiger partial charge is 0.416 e. The van der Waals surface area contributed by atoms with E-state index in [-0.39, 0.29) is 17.6 Å². The lowest BCUT2D eigenvalue weighted by Gasteiger charge is -2.22. The van der Waals surface area contributed by atoms with Gasteiger partial charge in [0.1, 0.15) is 0 Å². The molecule has 0 aromatic heterocycles. The van der Waals surface area contributed by atoms with Crippen molar-refractivity contribution in [2.24, 2.45) is 0 Å². The monoisotopic (exact) mass is 461 g/mol. The lowest BCUT2D eigenvalue weighted by atomic mass is 10.1. The highest BCUT2D eigenvalue weighted by Crippen LogP contribution is 2.30. The number of amides is 2. The van der Waals surface area contributed by atoms with Crippen LogP contribution in [0.5, 0.6) is 0 Å². The number of alkyl halides is 3. The van der Waals surface area contributed by atoms with Gasteiger partial charge in [-0.1, -0.05) is 6.07 Å². The van der Waals surface area contributed by atoms with Crippen LogP contribution in [0.1, 0.15) is 52.0 Å². The number of anilines is 2. The molecule has 0 bridgehead atoms. The van der Waals surface area contributed by atoms with E-state index in [2.05, 4.69) is 15.5 Å². The molecule has 0 spiro atoms. The van der Waals surface area contributed by atoms with Crippen LogP contribution in [0.3, 0.4) is 0 Å². The van der Waals surface area contributed by atoms with Crippen LogP contribution in [-0.4, -0.2) is 44.2 Å². The van der Waals surface area contributed by atoms with Crippen molar-refractivity contribution in [3.05, 3.63) is 59.2 Å². The van der Waals surface area contributed by atoms with Crippen LogP contribution >= 0.6 is 0 Å². The summed E-state index contributed by atoms with van der Waals surface area (Å²) in [6, 6.07) is 9.24. The first kappa shape index (κ1) is 23.1. The average molecular weight is 461 g/mol. The van der Waals surface area contributed by atoms with Crippen LogP contribution in [0.25, 0.3) is 0 Å². The molecule has 2 aliphatic rings. The fourth-order valence-corrected chi connectivity index (χ4v) is 4.18. The van der Waals surface area contributed by atoms with Crippen molar-refractivity contribution >= 4 is 23.2 Å². The van der Waals surface area contributed by atoms with Crippen LogP contribution in [-0.2, 0) is 10.9 Å². The predicted octanol–water partition coefficient (Wildman–Crippen LogP) is 4.47. The molecule has 2 N–H and O–H groups in total. The van der Waals surface area contributed by atoms with Gasteiger partial charge in [0.2, 0.25) is 0 Å². The summed E-state index contributed by atoms with van der Waals surface area (Å²) in [5.41, 5.74) is 0.514. The molecule has 33 heavy (non-hydrogen) atoms. The number of ether oxygens (including phenoxy) is 1. The molecule has 2 aliphatic heterocycles. The van der Waals surface area contributed by atoms with Gasteiger partial charge in [0.05, 0.1) is 17.2 Å². The van der Waals surface area contributed by atoms with Crippen LogP contribution in [0.15, 0.2) is 42.5 Å². The summed E-state index contributed by atoms with van der Waals surface area (Å²) < 4.78 is 44.5. The van der Waals surface area contributed by atoms with Crippen molar-refractivity contribution in [1.82, 2.24) is 5.32 Å². The maximum absolute atomic E-state index is 13.0. The first-order valence-electron chi connectivity index (χ1n) is 11.1. The summed E-state index contributed by atoms with van der Waals surface area (Å²) >= 11 is 0. The van der Waals surface area contributed by atoms with Crippen LogP contribution in [0, 0.1) is 0 Å². The second-order valence-electron chi connectivity index (χ2n) is 8.30. The van der Waals surface area contributed by atoms with Crippen molar-refractivity contribution < 1.29 is 27.5 Å². The normalized spacial score (nSPS) is 18.4. The van der Waals surface area contributed by atoms with E-state index in [0.717, 1.165) is 56.6 Å². The van der Waals surface area contributed by atoms with E-state index in [1.807, 2.05) is 0 Å². The second kappa shape index (κ2) is 9.82. The number of rotatable bonds is 6. The Balaban J connectivity index is 1.54. The highest BCUT2D eigenvalue weighted by atomic mass is 19.4. The zero-order valence-electron chi connectivity index (χ0n) is 18.1. The Kier molecular flexibility index (Phi) is 6.88. The van der Waals surface area contributed by atoms with E-state index in [9.17, 15) is 22.8 Å². The molecule has 2 aromatic carbocycles. The Labute approximate surface area is 190 Å². The molecule has 4 rings (SSSR count). The van der Waals surface area contributed by atoms with Gasteiger partial charge in [0.15, 0.2) is 0 Å². The number of hydrogen-bond donors (Lipinski definition) is 2. The van der Waals surface area contributed by atoms with Gasteiger partial charge < -0.3 is 20.3 Å². The predicted molar refractivity (Wildman–Crippen MR) is 119 cm³/mol. The van der Waals surface area contributed by atoms with Crippen molar-refractivity contribution in [1.29, 1.82) is 0 Å². The molecule has 1 atom stereocenters. The minimum absolute atomic E-state index is 0.00650. The van der Waals surface area contributed by atoms with E-state index in [0.29, 0.717) is 24.4 Å². The summed E-state index contributed by atoms with van der Waals surface area (Å²) in [5.74, 6) is -0.955. The van der Waals surface area contributed by atoms with Gasteiger partial charge in [-0.15, -0.1) is 0 Å². The molecule has 0 aliphatic carbocycles. The van der Waals surface area contributed by atoms with Crippen molar-refractivity contribution in [2.45, 2.75) is 38.0 Å². The standard InChI is InChI=1S/C24H26F3N3O3/c25-24(26,27)17-6-3-5-16(13-17)22(31)29-18-8-9-21(30-10-1-2-11-30)20(14-18)23(32)28-15-19-7-4-12-33-19/h3,5-6,8-9,13-14,19H,1-2,4,7,10-12,15H2,(H,28,32)(H,29,31). The Morgan fingerprint density at radius 2 is 1.82 bits per heavy atom. The molecule has 6 nitrogen and oxygen atoms in total. The molecule has 9 heteroatoms. The zero-order chi connectivity index (χ0) is 23.4. The summed E-state index contributed by atoms with van der Waals surface area (Å²) in [6.45, 7) is 2.76. The fraction of sp³-hybridized carbons (Fsp3) is 0.417. The van der Waals surface area contributed by atoms with Gasteiger partial charge in [0.25, 0.3) is 11.8 Å². The quantitative estimate of drug-likeness (QED) is 0.666. The number of benzene rings is 2. The number of nitrogens with one attached hydrogen (secondary N) is 2. The summed E-state index contributed by atoms with van der Waals surface area (Å²) in [7, 11) is 0. The minimum atomic E-state index is -4.54. The van der Waals surface area contributed by atoms with Gasteiger partial charge in [-0.25, -0.2) is 0 Å². The molecular weight excluding hydrogens is 435 g/mol. The molecule has 2 heterocycles. The molecule has 0 saturated carbocycles. The Hall–Kier alpha value is -3.07. The molecule has 2 aromatic rings. The van der Waals surface area contributed by atoms with Gasteiger partial charge in [-0.2, -0.15) is 13.2 Å². The smallest absolute Gasteiger partial charge is 0.376 e. The lowest BCUT2D eigenvalue weighted by Crippen LogP contribution is -2.33. The molecule has 2 fully saturated rings. The maximum atomic E-state index is 13.0. The van der Waals surface area contributed by atoms with Crippen LogP contribution < -0.4 is 15.5 Å². The van der Waals surface area contributed by atoms with E-state index >= 15 is 0 Å². The molecule has 1 unspecified atom stereocenters. The summed E-state index contributed by atoms with van der Waals surface area (Å²) in [5, 5.41) is 5.53. The Morgan fingerprint density at radius 1 is 1.03 bits per heavy atom. The van der Waals surface area contributed by atoms with Crippen LogP contribution in [0.4, 0.5) is 24.5 Å². The van der Waals surface area contributed by atoms with E-state index in [4.69, 9.17) is 4.74 Å². The van der Waals surface area contributed by atoms with Gasteiger partial charge in [0, 0.05) is 43.2 Å². The number of nitrogens with zero attached hydrogens (tertiary/aromatic N) is 1. The van der Waals surface area contributed by atoms with E-state index in [1.54, 1.807) is 18.2 Å². The highest BCUT2D eigenvalue weighted by molar-refractivity contribution is 6.06. The average Bonchev–Trinajstić information content (AvgIpc) is 3.51. The minimum Gasteiger partial charge on any atom is -0.376 e. The molecule has 176 valence electrons. The number of carbonyl (C=O) groups is 2. The molecule has 2 amide bonds. The van der Waals surface area contributed by atoms with Crippen molar-refractivity contribution in [2.75, 3.05) is 36.5 Å². The van der Waals surface area contributed by atoms with Crippen molar-refractivity contribution in [3.8, 4) is 0 Å². The molecular formula is C24H26F3N3O3. The van der Waals surface area contributed by atoms with Gasteiger partial charge in [-0.3, -0.25) is 9.59 Å². The number of carbonyl (C=O) groups excluding carboxylic acids is 2. The number of halogens is 3. The van der Waals surface area contributed by atoms with Gasteiger partial charge >= 0.3 is 6.18 Å². The first-order chi connectivity index (χ1) is 15.8. The molecule has 2 saturated heterocycles. The van der Waals surface area contributed by atoms with Gasteiger partial charge in [-0.05, 0) is 62.1 Å². The fourth-order valence-electron chi connectivity index (χ4n) is 4.18. The Morgan fingerprint density at radius 3 is 2.52 bits per heavy atom. The summed E-state index contributed by atoms with van der Waals surface area (Å²) in [6.07, 6.45) is -0.617. The lowest BCUT2D eigenvalue weighted by molar-refractivity contribution is -0.137. The number of hydrogen-bond acceptors (Lipinski definition) is 4. The summed E-state index contributed by atoms with van der Waals surface area (Å²) in [4.78, 5) is 27.7.